The van der Waals surface area contributed by atoms with Gasteiger partial charge in [-0.05, 0) is 83.5 Å². The molecule has 0 saturated carbocycles. The van der Waals surface area contributed by atoms with Crippen molar-refractivity contribution in [2.75, 3.05) is 13.2 Å². The van der Waals surface area contributed by atoms with Gasteiger partial charge in [-0.15, -0.1) is 0 Å². The average Bonchev–Trinajstić information content (AvgIpc) is 3.62. The molecule has 5 heteroatoms. The van der Waals surface area contributed by atoms with E-state index in [9.17, 15) is 14.7 Å². The third-order valence-corrected chi connectivity index (χ3v) is 18.5. The van der Waals surface area contributed by atoms with E-state index < -0.39 is 6.10 Å². The number of hydrogen-bond acceptors (Lipinski definition) is 5. The second-order valence-electron chi connectivity index (χ2n) is 27.5. The molecule has 0 saturated heterocycles. The van der Waals surface area contributed by atoms with Crippen LogP contribution in [0.3, 0.4) is 0 Å². The van der Waals surface area contributed by atoms with Gasteiger partial charge in [-0.25, -0.2) is 0 Å². The van der Waals surface area contributed by atoms with Crippen molar-refractivity contribution in [1.29, 1.82) is 0 Å². The Hall–Kier alpha value is -2.66. The van der Waals surface area contributed by atoms with E-state index in [-0.39, 0.29) is 25.2 Å². The SMILES string of the molecule is CC/C=C\C/C=C\C/C=C\C/C=C\C/C=C\CCCCCCCCCCCCCCCCCCCCCCCC(=O)OC(CO)COC(=O)CCCCCCCCCCCCCCCCCCCCCCCCCCCCC/C=C\CCCCCCCCCC. The fraction of sp³-hybridized carbons (Fsp3) is 0.835. The molecule has 0 rings (SSSR count). The standard InChI is InChI=1S/C85H156O5/c1-3-5-7-9-11-13-15-17-19-21-23-25-27-29-31-33-35-37-39-41-42-44-45-47-49-51-53-55-57-59-61-63-65-67-69-71-73-75-77-79-84(87)89-82-83(81-86)90-85(88)80-78-76-74-72-70-68-66-64-62-60-58-56-54-52-50-48-46-43-40-38-36-34-32-30-28-26-24-22-20-18-16-14-12-10-8-6-4-2/h6,8,12,14,18,20-21,23-24,26,30,32,83,86H,3-5,7,9-11,13,15-17,19,22,25,27-29,31,33-82H2,1-2H3/b8-6-,14-12-,20-18-,23-21-,26-24-,32-30-. The van der Waals surface area contributed by atoms with Crippen molar-refractivity contribution in [1.82, 2.24) is 0 Å². The molecule has 0 amide bonds. The number of carbonyl (C=O) groups is 2. The first kappa shape index (κ1) is 87.3. The zero-order chi connectivity index (χ0) is 64.7. The molecule has 1 atom stereocenters. The van der Waals surface area contributed by atoms with Crippen LogP contribution >= 0.6 is 0 Å². The first-order valence-corrected chi connectivity index (χ1v) is 40.5. The van der Waals surface area contributed by atoms with Gasteiger partial charge < -0.3 is 14.6 Å². The van der Waals surface area contributed by atoms with Crippen molar-refractivity contribution in [2.24, 2.45) is 0 Å². The van der Waals surface area contributed by atoms with Crippen molar-refractivity contribution in [3.05, 3.63) is 72.9 Å². The van der Waals surface area contributed by atoms with E-state index in [1.165, 1.54) is 347 Å². The number of esters is 2. The molecule has 0 bridgehead atoms. The first-order chi connectivity index (χ1) is 44.6. The lowest BCUT2D eigenvalue weighted by Gasteiger charge is -2.15. The minimum absolute atomic E-state index is 0.0603. The van der Waals surface area contributed by atoms with Crippen LogP contribution in [0.2, 0.25) is 0 Å². The molecule has 1 unspecified atom stereocenters. The topological polar surface area (TPSA) is 72.8 Å². The van der Waals surface area contributed by atoms with Gasteiger partial charge in [0.2, 0.25) is 0 Å². The minimum atomic E-state index is -0.772. The normalized spacial score (nSPS) is 12.5. The first-order valence-electron chi connectivity index (χ1n) is 40.5. The lowest BCUT2D eigenvalue weighted by molar-refractivity contribution is -0.161. The predicted octanol–water partition coefficient (Wildman–Crippen LogP) is 28.6. The number of unbranched alkanes of at least 4 members (excludes halogenated alkanes) is 56. The van der Waals surface area contributed by atoms with Gasteiger partial charge in [0.1, 0.15) is 6.61 Å². The predicted molar refractivity (Wildman–Crippen MR) is 399 cm³/mol. The summed E-state index contributed by atoms with van der Waals surface area (Å²) in [6, 6.07) is 0. The van der Waals surface area contributed by atoms with E-state index in [0.717, 1.165) is 64.2 Å². The highest BCUT2D eigenvalue weighted by Crippen LogP contribution is 2.20. The molecule has 0 aromatic carbocycles. The highest BCUT2D eigenvalue weighted by molar-refractivity contribution is 5.70. The van der Waals surface area contributed by atoms with E-state index in [0.29, 0.717) is 12.8 Å². The number of carbonyl (C=O) groups excluding carboxylic acids is 2. The Bertz CT molecular complexity index is 1570. The molecule has 0 aliphatic rings. The maximum atomic E-state index is 12.4. The van der Waals surface area contributed by atoms with Crippen LogP contribution in [-0.2, 0) is 19.1 Å². The molecule has 90 heavy (non-hydrogen) atoms. The molecule has 0 fully saturated rings. The molecule has 0 spiro atoms. The summed E-state index contributed by atoms with van der Waals surface area (Å²) < 4.78 is 10.8. The third-order valence-electron chi connectivity index (χ3n) is 18.5. The molecule has 5 nitrogen and oxygen atoms in total. The number of aliphatic hydroxyl groups is 1. The molecule has 0 radical (unpaired) electrons. The maximum absolute atomic E-state index is 12.4. The fourth-order valence-corrected chi connectivity index (χ4v) is 12.5. The fourth-order valence-electron chi connectivity index (χ4n) is 12.5. The van der Waals surface area contributed by atoms with Crippen LogP contribution in [0.25, 0.3) is 0 Å². The van der Waals surface area contributed by atoms with Crippen molar-refractivity contribution in [3.63, 3.8) is 0 Å². The van der Waals surface area contributed by atoms with E-state index in [1.54, 1.807) is 0 Å². The van der Waals surface area contributed by atoms with Crippen LogP contribution < -0.4 is 0 Å². The molecular weight excluding hydrogens is 1100 g/mol. The van der Waals surface area contributed by atoms with Crippen LogP contribution in [0, 0.1) is 0 Å². The van der Waals surface area contributed by atoms with E-state index >= 15 is 0 Å². The Balaban J connectivity index is 3.37. The molecule has 0 aliphatic heterocycles. The minimum Gasteiger partial charge on any atom is -0.462 e. The van der Waals surface area contributed by atoms with Gasteiger partial charge >= 0.3 is 11.9 Å². The number of hydrogen-bond donors (Lipinski definition) is 1. The van der Waals surface area contributed by atoms with Gasteiger partial charge in [0, 0.05) is 12.8 Å². The van der Waals surface area contributed by atoms with Gasteiger partial charge in [0.15, 0.2) is 6.10 Å². The van der Waals surface area contributed by atoms with Crippen LogP contribution in [0.1, 0.15) is 438 Å². The molecule has 0 aromatic heterocycles. The molecule has 526 valence electrons. The summed E-state index contributed by atoms with van der Waals surface area (Å²) in [6.07, 6.45) is 113. The van der Waals surface area contributed by atoms with Gasteiger partial charge in [-0.1, -0.05) is 414 Å². The second kappa shape index (κ2) is 80.6. The largest absolute Gasteiger partial charge is 0.462 e. The highest BCUT2D eigenvalue weighted by atomic mass is 16.6. The average molecular weight is 1260 g/mol. The third kappa shape index (κ3) is 77.8. The molecule has 0 aliphatic carbocycles. The van der Waals surface area contributed by atoms with Gasteiger partial charge in [-0.3, -0.25) is 9.59 Å². The zero-order valence-corrected chi connectivity index (χ0v) is 60.7. The summed E-state index contributed by atoms with van der Waals surface area (Å²) in [4.78, 5) is 24.7. The lowest BCUT2D eigenvalue weighted by Crippen LogP contribution is -2.28. The number of rotatable bonds is 76. The Morgan fingerprint density at radius 1 is 0.267 bits per heavy atom. The van der Waals surface area contributed by atoms with Crippen LogP contribution in [-0.4, -0.2) is 36.4 Å². The van der Waals surface area contributed by atoms with Crippen molar-refractivity contribution < 1.29 is 24.2 Å². The van der Waals surface area contributed by atoms with E-state index in [1.807, 2.05) is 0 Å². The number of aliphatic hydroxyl groups excluding tert-OH is 1. The zero-order valence-electron chi connectivity index (χ0n) is 60.7. The van der Waals surface area contributed by atoms with Gasteiger partial charge in [0.05, 0.1) is 6.61 Å². The molecule has 1 N–H and O–H groups in total. The Morgan fingerprint density at radius 3 is 0.733 bits per heavy atom. The van der Waals surface area contributed by atoms with Crippen LogP contribution in [0.4, 0.5) is 0 Å². The highest BCUT2D eigenvalue weighted by Gasteiger charge is 2.16. The van der Waals surface area contributed by atoms with Crippen molar-refractivity contribution >= 4 is 11.9 Å². The van der Waals surface area contributed by atoms with Crippen LogP contribution in [0.5, 0.6) is 0 Å². The number of ether oxygens (including phenoxy) is 2. The van der Waals surface area contributed by atoms with Gasteiger partial charge in [-0.2, -0.15) is 0 Å². The summed E-state index contributed by atoms with van der Waals surface area (Å²) >= 11 is 0. The summed E-state index contributed by atoms with van der Waals surface area (Å²) in [7, 11) is 0. The molecule has 0 heterocycles. The molecule has 0 aromatic rings. The number of allylic oxidation sites excluding steroid dienone is 12. The Labute approximate surface area is 563 Å². The van der Waals surface area contributed by atoms with E-state index in [4.69, 9.17) is 9.47 Å². The maximum Gasteiger partial charge on any atom is 0.306 e. The van der Waals surface area contributed by atoms with Crippen LogP contribution in [0.15, 0.2) is 72.9 Å². The van der Waals surface area contributed by atoms with Gasteiger partial charge in [0.25, 0.3) is 0 Å². The monoisotopic (exact) mass is 1260 g/mol. The van der Waals surface area contributed by atoms with Crippen molar-refractivity contribution in [2.45, 2.75) is 444 Å². The van der Waals surface area contributed by atoms with E-state index in [2.05, 4.69) is 86.8 Å². The lowest BCUT2D eigenvalue weighted by atomic mass is 10.0. The summed E-state index contributed by atoms with van der Waals surface area (Å²) in [5.74, 6) is -0.565. The summed E-state index contributed by atoms with van der Waals surface area (Å²) in [5.41, 5.74) is 0. The smallest absolute Gasteiger partial charge is 0.306 e. The second-order valence-corrected chi connectivity index (χ2v) is 27.5. The summed E-state index contributed by atoms with van der Waals surface area (Å²) in [5, 5.41) is 9.73. The molecular formula is C85H156O5. The quantitative estimate of drug-likeness (QED) is 0.0373. The Kier molecular flexibility index (Phi) is 78.2. The van der Waals surface area contributed by atoms with Crippen molar-refractivity contribution in [3.8, 4) is 0 Å². The summed E-state index contributed by atoms with van der Waals surface area (Å²) in [6.45, 7) is 4.09. The Morgan fingerprint density at radius 2 is 0.478 bits per heavy atom.